The van der Waals surface area contributed by atoms with Crippen molar-refractivity contribution in [1.29, 1.82) is 0 Å². The van der Waals surface area contributed by atoms with Crippen LogP contribution < -0.4 is 10.6 Å². The maximum Gasteiger partial charge on any atom is 0.230 e. The number of hydrogen-bond acceptors (Lipinski definition) is 3. The largest absolute Gasteiger partial charge is 0.355 e. The molecule has 0 aliphatic rings. The zero-order valence-corrected chi connectivity index (χ0v) is 12.3. The van der Waals surface area contributed by atoms with Crippen molar-refractivity contribution < 1.29 is 9.59 Å². The Morgan fingerprint density at radius 2 is 1.79 bits per heavy atom. The smallest absolute Gasteiger partial charge is 0.230 e. The predicted molar refractivity (Wildman–Crippen MR) is 79.3 cm³/mol. The normalized spacial score (nSPS) is 10.0. The van der Waals surface area contributed by atoms with E-state index in [0.29, 0.717) is 23.9 Å². The molecule has 0 aliphatic heterocycles. The molecule has 1 aromatic rings. The number of carbonyl (C=O) groups excluding carboxylic acids is 2. The van der Waals surface area contributed by atoms with E-state index in [1.165, 1.54) is 6.92 Å². The van der Waals surface area contributed by atoms with Crippen LogP contribution in [-0.4, -0.2) is 30.7 Å². The molecule has 6 heteroatoms. The lowest BCUT2D eigenvalue weighted by Gasteiger charge is -2.05. The van der Waals surface area contributed by atoms with Gasteiger partial charge >= 0.3 is 0 Å². The zero-order chi connectivity index (χ0) is 14.1. The quantitative estimate of drug-likeness (QED) is 0.755. The van der Waals surface area contributed by atoms with Crippen molar-refractivity contribution in [2.75, 3.05) is 18.8 Å². The van der Waals surface area contributed by atoms with Gasteiger partial charge < -0.3 is 10.6 Å². The molecule has 1 rings (SSSR count). The van der Waals surface area contributed by atoms with E-state index in [1.807, 2.05) is 24.3 Å². The monoisotopic (exact) mass is 300 g/mol. The molecular formula is C13H17ClN2O2S. The number of nitrogens with one attached hydrogen (secondary N) is 2. The number of rotatable bonds is 7. The van der Waals surface area contributed by atoms with Crippen LogP contribution in [0, 0.1) is 0 Å². The zero-order valence-electron chi connectivity index (χ0n) is 10.7. The van der Waals surface area contributed by atoms with E-state index in [4.69, 9.17) is 11.6 Å². The lowest BCUT2D eigenvalue weighted by atomic mass is 10.2. The predicted octanol–water partition coefficient (Wildman–Crippen LogP) is 1.83. The van der Waals surface area contributed by atoms with Gasteiger partial charge in [0.05, 0.1) is 5.75 Å². The Morgan fingerprint density at radius 1 is 1.16 bits per heavy atom. The van der Waals surface area contributed by atoms with Crippen molar-refractivity contribution in [2.45, 2.75) is 12.7 Å². The summed E-state index contributed by atoms with van der Waals surface area (Å²) in [5, 5.41) is 6.07. The van der Waals surface area contributed by atoms with Crippen LogP contribution in [0.15, 0.2) is 24.3 Å². The molecule has 0 saturated heterocycles. The Hall–Kier alpha value is -1.20. The Labute approximate surface area is 122 Å². The highest BCUT2D eigenvalue weighted by Crippen LogP contribution is 2.15. The molecule has 4 nitrogen and oxygen atoms in total. The van der Waals surface area contributed by atoms with Gasteiger partial charge in [0.15, 0.2) is 0 Å². The summed E-state index contributed by atoms with van der Waals surface area (Å²) in [6, 6.07) is 7.57. The van der Waals surface area contributed by atoms with Crippen LogP contribution in [0.25, 0.3) is 0 Å². The average Bonchev–Trinajstić information content (AvgIpc) is 2.37. The molecule has 104 valence electrons. The fourth-order valence-electron chi connectivity index (χ4n) is 1.33. The second kappa shape index (κ2) is 8.82. The van der Waals surface area contributed by atoms with Crippen molar-refractivity contribution in [2.24, 2.45) is 0 Å². The van der Waals surface area contributed by atoms with Crippen molar-refractivity contribution >= 4 is 35.2 Å². The minimum atomic E-state index is -0.0913. The molecular weight excluding hydrogens is 284 g/mol. The third kappa shape index (κ3) is 7.74. The van der Waals surface area contributed by atoms with Crippen LogP contribution in [-0.2, 0) is 15.3 Å². The highest BCUT2D eigenvalue weighted by Gasteiger charge is 2.01. The van der Waals surface area contributed by atoms with Gasteiger partial charge in [-0.3, -0.25) is 9.59 Å². The average molecular weight is 301 g/mol. The van der Waals surface area contributed by atoms with Crippen LogP contribution in [0.3, 0.4) is 0 Å². The van der Waals surface area contributed by atoms with Crippen LogP contribution in [0.2, 0.25) is 5.02 Å². The van der Waals surface area contributed by atoms with E-state index in [0.717, 1.165) is 11.3 Å². The van der Waals surface area contributed by atoms with E-state index >= 15 is 0 Å². The first-order valence-electron chi connectivity index (χ1n) is 5.91. The minimum Gasteiger partial charge on any atom is -0.355 e. The molecule has 1 aromatic carbocycles. The van der Waals surface area contributed by atoms with Crippen molar-refractivity contribution in [1.82, 2.24) is 10.6 Å². The summed E-state index contributed by atoms with van der Waals surface area (Å²) in [4.78, 5) is 22.1. The molecule has 0 aliphatic carbocycles. The van der Waals surface area contributed by atoms with Gasteiger partial charge in [-0.1, -0.05) is 23.7 Å². The van der Waals surface area contributed by atoms with Crippen molar-refractivity contribution in [3.63, 3.8) is 0 Å². The highest BCUT2D eigenvalue weighted by atomic mass is 35.5. The molecule has 0 spiro atoms. The Bertz CT molecular complexity index is 423. The molecule has 0 bridgehead atoms. The number of thioether (sulfide) groups is 1. The molecule has 0 heterocycles. The van der Waals surface area contributed by atoms with E-state index in [2.05, 4.69) is 10.6 Å². The number of carbonyl (C=O) groups is 2. The fourth-order valence-corrected chi connectivity index (χ4v) is 2.28. The Morgan fingerprint density at radius 3 is 2.42 bits per heavy atom. The molecule has 2 N–H and O–H groups in total. The van der Waals surface area contributed by atoms with Gasteiger partial charge in [0.2, 0.25) is 11.8 Å². The van der Waals surface area contributed by atoms with Crippen LogP contribution >= 0.6 is 23.4 Å². The Kier molecular flexibility index (Phi) is 7.36. The summed E-state index contributed by atoms with van der Waals surface area (Å²) >= 11 is 7.33. The van der Waals surface area contributed by atoms with Gasteiger partial charge in [0.1, 0.15) is 0 Å². The SMILES string of the molecule is CC(=O)NCCNC(=O)CSCc1ccc(Cl)cc1. The van der Waals surface area contributed by atoms with Gasteiger partial charge in [-0.25, -0.2) is 0 Å². The third-order valence-electron chi connectivity index (χ3n) is 2.24. The second-order valence-corrected chi connectivity index (χ2v) is 5.37. The molecule has 0 atom stereocenters. The standard InChI is InChI=1S/C13H17ClN2O2S/c1-10(17)15-6-7-16-13(18)9-19-8-11-2-4-12(14)5-3-11/h2-5H,6-9H2,1H3,(H,15,17)(H,16,18). The van der Waals surface area contributed by atoms with Gasteiger partial charge in [0, 0.05) is 30.8 Å². The molecule has 0 fully saturated rings. The third-order valence-corrected chi connectivity index (χ3v) is 3.49. The first-order valence-corrected chi connectivity index (χ1v) is 7.44. The molecule has 0 saturated carbocycles. The summed E-state index contributed by atoms with van der Waals surface area (Å²) in [6.45, 7) is 2.37. The molecule has 0 radical (unpaired) electrons. The lowest BCUT2D eigenvalue weighted by molar-refractivity contribution is -0.120. The first kappa shape index (κ1) is 15.9. The second-order valence-electron chi connectivity index (χ2n) is 3.95. The maximum absolute atomic E-state index is 11.5. The van der Waals surface area contributed by atoms with E-state index in [9.17, 15) is 9.59 Å². The van der Waals surface area contributed by atoms with Crippen molar-refractivity contribution in [3.05, 3.63) is 34.9 Å². The van der Waals surface area contributed by atoms with Crippen molar-refractivity contribution in [3.8, 4) is 0 Å². The van der Waals surface area contributed by atoms with E-state index in [-0.39, 0.29) is 11.8 Å². The number of amides is 2. The van der Waals surface area contributed by atoms with Crippen LogP contribution in [0.1, 0.15) is 12.5 Å². The number of halogens is 1. The fraction of sp³-hybridized carbons (Fsp3) is 0.385. The maximum atomic E-state index is 11.5. The minimum absolute atomic E-state index is 0.0238. The van der Waals surface area contributed by atoms with E-state index < -0.39 is 0 Å². The number of hydrogen-bond donors (Lipinski definition) is 2. The summed E-state index contributed by atoms with van der Waals surface area (Å²) in [5.41, 5.74) is 1.14. The van der Waals surface area contributed by atoms with Gasteiger partial charge in [-0.15, -0.1) is 11.8 Å². The summed E-state index contributed by atoms with van der Waals surface area (Å²) in [5.74, 6) is 1.06. The van der Waals surface area contributed by atoms with Gasteiger partial charge in [0.25, 0.3) is 0 Å². The van der Waals surface area contributed by atoms with Gasteiger partial charge in [-0.2, -0.15) is 0 Å². The van der Waals surface area contributed by atoms with Crippen LogP contribution in [0.5, 0.6) is 0 Å². The summed E-state index contributed by atoms with van der Waals surface area (Å²) in [7, 11) is 0. The summed E-state index contributed by atoms with van der Waals surface area (Å²) in [6.07, 6.45) is 0. The molecule has 0 unspecified atom stereocenters. The van der Waals surface area contributed by atoms with Gasteiger partial charge in [-0.05, 0) is 17.7 Å². The van der Waals surface area contributed by atoms with E-state index in [1.54, 1.807) is 11.8 Å². The topological polar surface area (TPSA) is 58.2 Å². The molecule has 0 aromatic heterocycles. The molecule has 2 amide bonds. The highest BCUT2D eigenvalue weighted by molar-refractivity contribution is 7.99. The number of benzene rings is 1. The first-order chi connectivity index (χ1) is 9.08. The summed E-state index contributed by atoms with van der Waals surface area (Å²) < 4.78 is 0. The Balaban J connectivity index is 2.10. The van der Waals surface area contributed by atoms with Crippen LogP contribution in [0.4, 0.5) is 0 Å². The lowest BCUT2D eigenvalue weighted by Crippen LogP contribution is -2.34. The molecule has 19 heavy (non-hydrogen) atoms.